The smallest absolute Gasteiger partial charge is 0.160 e. The van der Waals surface area contributed by atoms with Crippen LogP contribution in [-0.2, 0) is 18.9 Å². The molecule has 0 unspecified atom stereocenters. The summed E-state index contributed by atoms with van der Waals surface area (Å²) in [4.78, 5) is 0. The van der Waals surface area contributed by atoms with E-state index in [0.717, 1.165) is 45.4 Å². The summed E-state index contributed by atoms with van der Waals surface area (Å²) in [7, 11) is 2.02. The zero-order valence-electron chi connectivity index (χ0n) is 15.7. The molecule has 0 aromatic heterocycles. The summed E-state index contributed by atoms with van der Waals surface area (Å²) in [6.45, 7) is 4.99. The van der Waals surface area contributed by atoms with Gasteiger partial charge in [-0.25, -0.2) is 0 Å². The van der Waals surface area contributed by atoms with Crippen LogP contribution in [0.2, 0.25) is 0 Å². The highest BCUT2D eigenvalue weighted by Gasteiger charge is 2.37. The molecule has 4 fully saturated rings. The fourth-order valence-corrected chi connectivity index (χ4v) is 4.90. The van der Waals surface area contributed by atoms with Crippen LogP contribution >= 0.6 is 0 Å². The monoisotopic (exact) mass is 356 g/mol. The van der Waals surface area contributed by atoms with E-state index in [1.807, 2.05) is 7.05 Å². The summed E-state index contributed by atoms with van der Waals surface area (Å²) < 4.78 is 22.1. The van der Waals surface area contributed by atoms with Crippen molar-refractivity contribution in [2.45, 2.75) is 51.1 Å². The fraction of sp³-hybridized carbons (Fsp3) is 1.00. The van der Waals surface area contributed by atoms with Crippen molar-refractivity contribution in [3.8, 4) is 0 Å². The topological polar surface area (TPSA) is 75.0 Å². The van der Waals surface area contributed by atoms with Gasteiger partial charge in [-0.1, -0.05) is 12.8 Å². The lowest BCUT2D eigenvalue weighted by atomic mass is 9.95. The lowest BCUT2D eigenvalue weighted by Gasteiger charge is -2.23. The van der Waals surface area contributed by atoms with Crippen LogP contribution in [-0.4, -0.2) is 59.1 Å². The molecule has 2 aliphatic carbocycles. The molecule has 146 valence electrons. The first kappa shape index (κ1) is 19.5. The molecule has 2 aliphatic heterocycles. The highest BCUT2D eigenvalue weighted by atomic mass is 16.7. The molecule has 3 N–H and O–H groups in total. The van der Waals surface area contributed by atoms with E-state index in [2.05, 4.69) is 5.32 Å². The van der Waals surface area contributed by atoms with Crippen molar-refractivity contribution in [1.82, 2.24) is 5.32 Å². The third-order valence-electron chi connectivity index (χ3n) is 6.20. The number of nitrogens with two attached hydrogens (primary N) is 1. The highest BCUT2D eigenvalue weighted by molar-refractivity contribution is 4.82. The van der Waals surface area contributed by atoms with Crippen molar-refractivity contribution in [1.29, 1.82) is 0 Å². The van der Waals surface area contributed by atoms with E-state index >= 15 is 0 Å². The minimum atomic E-state index is 0.0565. The molecule has 0 aromatic carbocycles. The van der Waals surface area contributed by atoms with E-state index in [1.54, 1.807) is 0 Å². The van der Waals surface area contributed by atoms with Gasteiger partial charge in [0, 0.05) is 11.8 Å². The van der Waals surface area contributed by atoms with Crippen LogP contribution in [0.15, 0.2) is 0 Å². The molecule has 0 aromatic rings. The van der Waals surface area contributed by atoms with Crippen LogP contribution in [0.4, 0.5) is 0 Å². The molecule has 2 saturated carbocycles. The number of rotatable bonds is 5. The van der Waals surface area contributed by atoms with Crippen LogP contribution in [0, 0.1) is 23.7 Å². The molecule has 4 atom stereocenters. The minimum Gasteiger partial charge on any atom is -0.350 e. The summed E-state index contributed by atoms with van der Waals surface area (Å²) in [5.74, 6) is 2.59. The molecule has 6 heteroatoms. The summed E-state index contributed by atoms with van der Waals surface area (Å²) in [5, 5.41) is 3.25. The average Bonchev–Trinajstić information content (AvgIpc) is 3.42. The molecule has 25 heavy (non-hydrogen) atoms. The van der Waals surface area contributed by atoms with Crippen LogP contribution in [0.1, 0.15) is 38.5 Å². The van der Waals surface area contributed by atoms with Crippen molar-refractivity contribution in [3.63, 3.8) is 0 Å². The zero-order valence-corrected chi connectivity index (χ0v) is 15.7. The molecule has 4 aliphatic rings. The van der Waals surface area contributed by atoms with Gasteiger partial charge in [0.25, 0.3) is 0 Å². The fourth-order valence-electron chi connectivity index (χ4n) is 4.90. The second kappa shape index (κ2) is 10.2. The summed E-state index contributed by atoms with van der Waals surface area (Å²) in [5.41, 5.74) is 5.68. The molecule has 0 bridgehead atoms. The Kier molecular flexibility index (Phi) is 7.95. The Morgan fingerprint density at radius 2 is 1.24 bits per heavy atom. The Labute approximate surface area is 152 Å². The molecule has 2 heterocycles. The van der Waals surface area contributed by atoms with Gasteiger partial charge in [0.05, 0.1) is 26.4 Å². The van der Waals surface area contributed by atoms with Crippen molar-refractivity contribution >= 4 is 0 Å². The van der Waals surface area contributed by atoms with Gasteiger partial charge in [0.15, 0.2) is 12.6 Å². The Hall–Kier alpha value is -0.240. The van der Waals surface area contributed by atoms with Gasteiger partial charge in [-0.05, 0) is 57.7 Å². The maximum Gasteiger partial charge on any atom is 0.160 e. The Morgan fingerprint density at radius 1 is 0.760 bits per heavy atom. The van der Waals surface area contributed by atoms with Crippen LogP contribution in [0.25, 0.3) is 0 Å². The van der Waals surface area contributed by atoms with E-state index in [9.17, 15) is 0 Å². The second-order valence-corrected chi connectivity index (χ2v) is 7.72. The minimum absolute atomic E-state index is 0.0565. The van der Waals surface area contributed by atoms with E-state index in [0.29, 0.717) is 17.8 Å². The van der Waals surface area contributed by atoms with Crippen molar-refractivity contribution in [3.05, 3.63) is 0 Å². The Bertz CT molecular complexity index is 372. The summed E-state index contributed by atoms with van der Waals surface area (Å²) in [6, 6.07) is 0. The molecule has 6 nitrogen and oxygen atoms in total. The predicted octanol–water partition coefficient (Wildman–Crippen LogP) is 1.73. The molecular formula is C19H36N2O4. The quantitative estimate of drug-likeness (QED) is 0.781. The third-order valence-corrected chi connectivity index (χ3v) is 6.20. The van der Waals surface area contributed by atoms with Crippen LogP contribution < -0.4 is 11.1 Å². The SMILES string of the molecule is CNC[C@@H]1CCC[C@H]1C1OCCO1.NC[C@@H]1CCC[C@H]1C1OCCO1. The van der Waals surface area contributed by atoms with Gasteiger partial charge >= 0.3 is 0 Å². The third kappa shape index (κ3) is 5.15. The number of ether oxygens (including phenoxy) is 4. The Morgan fingerprint density at radius 3 is 1.72 bits per heavy atom. The van der Waals surface area contributed by atoms with Crippen molar-refractivity contribution < 1.29 is 18.9 Å². The van der Waals surface area contributed by atoms with Gasteiger partial charge in [-0.2, -0.15) is 0 Å². The first-order valence-corrected chi connectivity index (χ1v) is 10.1. The molecular weight excluding hydrogens is 320 g/mol. The standard InChI is InChI=1S/C10H19NO2.C9H17NO2/c1-11-7-8-3-2-4-9(8)10-12-5-6-13-10;10-6-7-2-1-3-8(7)9-11-4-5-12-9/h8-11H,2-7H2,1H3;7-9H,1-6,10H2/t8-,9+;7-,8+/m00/s1. The Balaban J connectivity index is 0.000000146. The number of nitrogens with one attached hydrogen (secondary N) is 1. The van der Waals surface area contributed by atoms with Gasteiger partial charge in [0.2, 0.25) is 0 Å². The maximum absolute atomic E-state index is 5.68. The molecule has 0 amide bonds. The van der Waals surface area contributed by atoms with Crippen LogP contribution in [0.5, 0.6) is 0 Å². The molecule has 2 saturated heterocycles. The number of hydrogen-bond acceptors (Lipinski definition) is 6. The van der Waals surface area contributed by atoms with E-state index in [-0.39, 0.29) is 12.6 Å². The van der Waals surface area contributed by atoms with Crippen molar-refractivity contribution in [2.24, 2.45) is 29.4 Å². The first-order valence-electron chi connectivity index (χ1n) is 10.1. The van der Waals surface area contributed by atoms with Gasteiger partial charge in [0.1, 0.15) is 0 Å². The molecule has 4 rings (SSSR count). The predicted molar refractivity (Wildman–Crippen MR) is 96.0 cm³/mol. The van der Waals surface area contributed by atoms with Gasteiger partial charge in [-0.3, -0.25) is 0 Å². The first-order chi connectivity index (χ1) is 12.3. The van der Waals surface area contributed by atoms with Gasteiger partial charge in [-0.15, -0.1) is 0 Å². The average molecular weight is 357 g/mol. The summed E-state index contributed by atoms with van der Waals surface area (Å²) in [6.07, 6.45) is 7.86. The maximum atomic E-state index is 5.68. The van der Waals surface area contributed by atoms with E-state index < -0.39 is 0 Å². The number of hydrogen-bond donors (Lipinski definition) is 2. The van der Waals surface area contributed by atoms with Crippen molar-refractivity contribution in [2.75, 3.05) is 46.6 Å². The van der Waals surface area contributed by atoms with Crippen LogP contribution in [0.3, 0.4) is 0 Å². The lowest BCUT2D eigenvalue weighted by Crippen LogP contribution is -2.30. The molecule has 0 radical (unpaired) electrons. The summed E-state index contributed by atoms with van der Waals surface area (Å²) >= 11 is 0. The van der Waals surface area contributed by atoms with E-state index in [4.69, 9.17) is 24.7 Å². The normalized spacial score (nSPS) is 36.7. The van der Waals surface area contributed by atoms with E-state index in [1.165, 1.54) is 38.5 Å². The molecule has 0 spiro atoms. The zero-order chi connectivity index (χ0) is 17.5. The lowest BCUT2D eigenvalue weighted by molar-refractivity contribution is -0.0928. The largest absolute Gasteiger partial charge is 0.350 e. The second-order valence-electron chi connectivity index (χ2n) is 7.72. The van der Waals surface area contributed by atoms with Gasteiger partial charge < -0.3 is 30.0 Å². The highest BCUT2D eigenvalue weighted by Crippen LogP contribution is 2.37.